The van der Waals surface area contributed by atoms with Crippen molar-refractivity contribution in [2.24, 2.45) is 0 Å². The summed E-state index contributed by atoms with van der Waals surface area (Å²) in [7, 11) is 3.29. The fraction of sp³-hybridized carbons (Fsp3) is 0.381. The van der Waals surface area contributed by atoms with Gasteiger partial charge < -0.3 is 20.1 Å². The van der Waals surface area contributed by atoms with Crippen LogP contribution >= 0.6 is 0 Å². The van der Waals surface area contributed by atoms with Gasteiger partial charge in [0, 0.05) is 12.2 Å². The van der Waals surface area contributed by atoms with Crippen LogP contribution in [0.3, 0.4) is 0 Å². The third-order valence-electron chi connectivity index (χ3n) is 4.86. The molecule has 6 heteroatoms. The number of nitrogens with one attached hydrogen (secondary N) is 2. The number of methoxy groups -OCH3 is 2. The van der Waals surface area contributed by atoms with E-state index in [4.69, 9.17) is 9.47 Å². The van der Waals surface area contributed by atoms with Crippen molar-refractivity contribution in [3.8, 4) is 11.5 Å². The molecule has 1 saturated heterocycles. The molecule has 6 nitrogen and oxygen atoms in total. The summed E-state index contributed by atoms with van der Waals surface area (Å²) in [6.45, 7) is 2.63. The van der Waals surface area contributed by atoms with Crippen LogP contribution in [0.2, 0.25) is 0 Å². The molecule has 27 heavy (non-hydrogen) atoms. The van der Waals surface area contributed by atoms with Gasteiger partial charge in [-0.15, -0.1) is 0 Å². The number of likely N-dealkylation sites (tertiary alicyclic amines) is 1. The minimum absolute atomic E-state index is 0.129. The summed E-state index contributed by atoms with van der Waals surface area (Å²) in [5.41, 5.74) is 1.88. The summed E-state index contributed by atoms with van der Waals surface area (Å²) < 4.78 is 10.5. The Labute approximate surface area is 160 Å². The van der Waals surface area contributed by atoms with Crippen molar-refractivity contribution >= 4 is 11.7 Å². The van der Waals surface area contributed by atoms with Gasteiger partial charge in [0.1, 0.15) is 11.5 Å². The van der Waals surface area contributed by atoms with E-state index in [1.54, 1.807) is 14.2 Å². The summed E-state index contributed by atoms with van der Waals surface area (Å²) in [6.07, 6.45) is 2.39. The Morgan fingerprint density at radius 1 is 1.04 bits per heavy atom. The molecule has 2 amide bonds. The average molecular weight is 369 g/mol. The van der Waals surface area contributed by atoms with Gasteiger partial charge in [-0.1, -0.05) is 12.1 Å². The van der Waals surface area contributed by atoms with E-state index in [1.165, 1.54) is 12.8 Å². The van der Waals surface area contributed by atoms with Gasteiger partial charge in [-0.3, -0.25) is 4.90 Å². The van der Waals surface area contributed by atoms with E-state index in [0.717, 1.165) is 35.8 Å². The van der Waals surface area contributed by atoms with Crippen molar-refractivity contribution in [1.82, 2.24) is 10.2 Å². The highest BCUT2D eigenvalue weighted by molar-refractivity contribution is 5.89. The molecule has 1 fully saturated rings. The third kappa shape index (κ3) is 5.14. The summed E-state index contributed by atoms with van der Waals surface area (Å²) in [6, 6.07) is 15.3. The summed E-state index contributed by atoms with van der Waals surface area (Å²) in [5, 5.41) is 5.87. The number of urea groups is 1. The van der Waals surface area contributed by atoms with Crippen molar-refractivity contribution in [3.05, 3.63) is 54.1 Å². The molecule has 144 valence electrons. The number of hydrogen-bond acceptors (Lipinski definition) is 4. The quantitative estimate of drug-likeness (QED) is 0.782. The number of benzene rings is 2. The molecular weight excluding hydrogens is 342 g/mol. The van der Waals surface area contributed by atoms with Crippen LogP contribution in [-0.4, -0.2) is 44.8 Å². The van der Waals surface area contributed by atoms with E-state index < -0.39 is 0 Å². The lowest BCUT2D eigenvalue weighted by molar-refractivity contribution is 0.227. The first-order chi connectivity index (χ1) is 13.2. The third-order valence-corrected chi connectivity index (χ3v) is 4.86. The highest BCUT2D eigenvalue weighted by atomic mass is 16.5. The zero-order chi connectivity index (χ0) is 19.1. The molecule has 2 aromatic rings. The van der Waals surface area contributed by atoms with Crippen LogP contribution in [0.1, 0.15) is 24.4 Å². The second-order valence-electron chi connectivity index (χ2n) is 6.60. The van der Waals surface area contributed by atoms with Gasteiger partial charge in [0.2, 0.25) is 0 Å². The molecular formula is C21H27N3O3. The second-order valence-corrected chi connectivity index (χ2v) is 6.60. The van der Waals surface area contributed by atoms with Crippen LogP contribution in [-0.2, 0) is 0 Å². The van der Waals surface area contributed by atoms with Crippen molar-refractivity contribution in [3.63, 3.8) is 0 Å². The molecule has 1 unspecified atom stereocenters. The van der Waals surface area contributed by atoms with Gasteiger partial charge >= 0.3 is 6.03 Å². The van der Waals surface area contributed by atoms with Crippen LogP contribution in [0.15, 0.2) is 48.5 Å². The van der Waals surface area contributed by atoms with E-state index in [9.17, 15) is 4.79 Å². The Morgan fingerprint density at radius 3 is 2.41 bits per heavy atom. The van der Waals surface area contributed by atoms with Gasteiger partial charge in [0.05, 0.1) is 20.3 Å². The van der Waals surface area contributed by atoms with Crippen LogP contribution in [0.25, 0.3) is 0 Å². The molecule has 0 aromatic heterocycles. The number of carbonyl (C=O) groups is 1. The Bertz CT molecular complexity index is 743. The zero-order valence-corrected chi connectivity index (χ0v) is 15.9. The number of ether oxygens (including phenoxy) is 2. The van der Waals surface area contributed by atoms with Gasteiger partial charge in [0.25, 0.3) is 0 Å². The highest BCUT2D eigenvalue weighted by Crippen LogP contribution is 2.27. The standard InChI is InChI=1S/C21H27N3O3/c1-26-18-10-8-17(9-11-18)23-21(25)22-15-20(24-12-3-4-13-24)16-6-5-7-19(14-16)27-2/h5-11,14,20H,3-4,12-13,15H2,1-2H3,(H2,22,23,25). The normalized spacial score (nSPS) is 15.2. The Balaban J connectivity index is 1.63. The van der Waals surface area contributed by atoms with Crippen molar-refractivity contribution in [2.45, 2.75) is 18.9 Å². The number of hydrogen-bond donors (Lipinski definition) is 2. The molecule has 0 radical (unpaired) electrons. The lowest BCUT2D eigenvalue weighted by atomic mass is 10.1. The molecule has 0 aliphatic carbocycles. The molecule has 2 aromatic carbocycles. The monoisotopic (exact) mass is 369 g/mol. The first kappa shape index (κ1) is 19.0. The number of rotatable bonds is 7. The molecule has 1 aliphatic rings. The Hall–Kier alpha value is -2.73. The van der Waals surface area contributed by atoms with Gasteiger partial charge in [0.15, 0.2) is 0 Å². The predicted molar refractivity (Wildman–Crippen MR) is 107 cm³/mol. The molecule has 3 rings (SSSR count). The van der Waals surface area contributed by atoms with E-state index in [2.05, 4.69) is 21.6 Å². The Kier molecular flexibility index (Phi) is 6.54. The number of carbonyl (C=O) groups excluding carboxylic acids is 1. The Morgan fingerprint density at radius 2 is 1.74 bits per heavy atom. The molecule has 0 bridgehead atoms. The number of anilines is 1. The van der Waals surface area contributed by atoms with E-state index in [-0.39, 0.29) is 12.1 Å². The first-order valence-electron chi connectivity index (χ1n) is 9.26. The molecule has 2 N–H and O–H groups in total. The van der Waals surface area contributed by atoms with Crippen LogP contribution in [0.5, 0.6) is 11.5 Å². The van der Waals surface area contributed by atoms with Crippen molar-refractivity contribution in [2.75, 3.05) is 39.2 Å². The summed E-state index contributed by atoms with van der Waals surface area (Å²) >= 11 is 0. The predicted octanol–water partition coefficient (Wildman–Crippen LogP) is 3.66. The largest absolute Gasteiger partial charge is 0.497 e. The fourth-order valence-corrected chi connectivity index (χ4v) is 3.40. The second kappa shape index (κ2) is 9.28. The molecule has 1 atom stereocenters. The maximum absolute atomic E-state index is 12.3. The minimum atomic E-state index is -0.216. The highest BCUT2D eigenvalue weighted by Gasteiger charge is 2.24. The summed E-state index contributed by atoms with van der Waals surface area (Å²) in [5.74, 6) is 1.59. The van der Waals surface area contributed by atoms with Crippen molar-refractivity contribution in [1.29, 1.82) is 0 Å². The van der Waals surface area contributed by atoms with Gasteiger partial charge in [-0.2, -0.15) is 0 Å². The topological polar surface area (TPSA) is 62.8 Å². The molecule has 0 saturated carbocycles. The lowest BCUT2D eigenvalue weighted by Gasteiger charge is -2.28. The number of amides is 2. The maximum atomic E-state index is 12.3. The molecule has 1 heterocycles. The molecule has 0 spiro atoms. The zero-order valence-electron chi connectivity index (χ0n) is 15.9. The first-order valence-corrected chi connectivity index (χ1v) is 9.26. The SMILES string of the molecule is COc1ccc(NC(=O)NCC(c2cccc(OC)c2)N2CCCC2)cc1. The van der Waals surface area contributed by atoms with Crippen LogP contribution in [0, 0.1) is 0 Å². The van der Waals surface area contributed by atoms with E-state index >= 15 is 0 Å². The van der Waals surface area contributed by atoms with E-state index in [0.29, 0.717) is 6.54 Å². The van der Waals surface area contributed by atoms with E-state index in [1.807, 2.05) is 42.5 Å². The molecule has 1 aliphatic heterocycles. The smallest absolute Gasteiger partial charge is 0.319 e. The summed E-state index contributed by atoms with van der Waals surface area (Å²) in [4.78, 5) is 14.8. The van der Waals surface area contributed by atoms with Gasteiger partial charge in [-0.05, 0) is 67.9 Å². The van der Waals surface area contributed by atoms with Crippen LogP contribution < -0.4 is 20.1 Å². The number of nitrogens with zero attached hydrogens (tertiary/aromatic N) is 1. The van der Waals surface area contributed by atoms with Gasteiger partial charge in [-0.25, -0.2) is 4.79 Å². The minimum Gasteiger partial charge on any atom is -0.497 e. The fourth-order valence-electron chi connectivity index (χ4n) is 3.40. The average Bonchev–Trinajstić information content (AvgIpc) is 3.23. The van der Waals surface area contributed by atoms with Crippen molar-refractivity contribution < 1.29 is 14.3 Å². The van der Waals surface area contributed by atoms with Crippen LogP contribution in [0.4, 0.5) is 10.5 Å². The maximum Gasteiger partial charge on any atom is 0.319 e. The lowest BCUT2D eigenvalue weighted by Crippen LogP contribution is -2.38.